The van der Waals surface area contributed by atoms with Crippen LogP contribution in [0.15, 0.2) is 43.0 Å². The molecule has 3 rings (SSSR count). The number of benzene rings is 1. The molecular weight excluding hydrogens is 345 g/mol. The molecule has 6 nitrogen and oxygen atoms in total. The van der Waals surface area contributed by atoms with Crippen molar-refractivity contribution in [2.24, 2.45) is 0 Å². The van der Waals surface area contributed by atoms with Gasteiger partial charge in [-0.2, -0.15) is 5.10 Å². The summed E-state index contributed by atoms with van der Waals surface area (Å²) in [6.45, 7) is 2.99. The Kier molecular flexibility index (Phi) is 5.14. The Labute approximate surface area is 149 Å². The second kappa shape index (κ2) is 7.48. The van der Waals surface area contributed by atoms with Crippen LogP contribution in [0, 0.1) is 12.7 Å². The van der Waals surface area contributed by atoms with Gasteiger partial charge >= 0.3 is 0 Å². The molecule has 0 spiro atoms. The fourth-order valence-corrected chi connectivity index (χ4v) is 2.84. The van der Waals surface area contributed by atoms with Crippen molar-refractivity contribution < 1.29 is 9.18 Å². The van der Waals surface area contributed by atoms with E-state index in [2.05, 4.69) is 15.4 Å². The number of imidazole rings is 1. The predicted octanol–water partition coefficient (Wildman–Crippen LogP) is 2.99. The standard InChI is InChI=1S/C17H17ClFN5O/c1-12-15(17(25)21-7-2-9-23-10-8-20-11-23)16(18)24(22-12)14-5-3-13(19)4-6-14/h3-6,8,10-11H,2,7,9H2,1H3,(H,21,25). The lowest BCUT2D eigenvalue weighted by Crippen LogP contribution is -2.25. The lowest BCUT2D eigenvalue weighted by molar-refractivity contribution is 0.0952. The van der Waals surface area contributed by atoms with Crippen LogP contribution in [-0.2, 0) is 6.54 Å². The molecule has 3 aromatic rings. The van der Waals surface area contributed by atoms with Crippen LogP contribution < -0.4 is 5.32 Å². The van der Waals surface area contributed by atoms with Crippen molar-refractivity contribution in [2.45, 2.75) is 19.9 Å². The highest BCUT2D eigenvalue weighted by atomic mass is 35.5. The molecule has 0 saturated carbocycles. The summed E-state index contributed by atoms with van der Waals surface area (Å²) in [5, 5.41) is 7.34. The van der Waals surface area contributed by atoms with Gasteiger partial charge in [-0.05, 0) is 37.6 Å². The van der Waals surface area contributed by atoms with E-state index in [1.54, 1.807) is 31.6 Å². The van der Waals surface area contributed by atoms with Crippen LogP contribution in [0.1, 0.15) is 22.5 Å². The Balaban J connectivity index is 1.67. The van der Waals surface area contributed by atoms with Crippen molar-refractivity contribution in [3.05, 3.63) is 65.2 Å². The molecule has 0 atom stereocenters. The first-order valence-electron chi connectivity index (χ1n) is 7.81. The molecule has 0 aliphatic rings. The van der Waals surface area contributed by atoms with Crippen LogP contribution >= 0.6 is 11.6 Å². The number of aryl methyl sites for hydroxylation is 2. The fourth-order valence-electron chi connectivity index (χ4n) is 2.48. The quantitative estimate of drug-likeness (QED) is 0.686. The van der Waals surface area contributed by atoms with Crippen LogP contribution in [0.5, 0.6) is 0 Å². The summed E-state index contributed by atoms with van der Waals surface area (Å²) in [5.41, 5.74) is 1.43. The maximum Gasteiger partial charge on any atom is 0.256 e. The second-order valence-corrected chi connectivity index (χ2v) is 5.91. The summed E-state index contributed by atoms with van der Waals surface area (Å²) in [7, 11) is 0. The number of halogens is 2. The predicted molar refractivity (Wildman–Crippen MR) is 92.4 cm³/mol. The number of rotatable bonds is 6. The van der Waals surface area contributed by atoms with Gasteiger partial charge in [0.05, 0.1) is 23.3 Å². The van der Waals surface area contributed by atoms with Gasteiger partial charge in [0.25, 0.3) is 5.91 Å². The van der Waals surface area contributed by atoms with Crippen LogP contribution in [0.25, 0.3) is 5.69 Å². The third-order valence-electron chi connectivity index (χ3n) is 3.74. The normalized spacial score (nSPS) is 10.8. The van der Waals surface area contributed by atoms with E-state index in [9.17, 15) is 9.18 Å². The first-order chi connectivity index (χ1) is 12.1. The number of amides is 1. The van der Waals surface area contributed by atoms with Gasteiger partial charge in [0.2, 0.25) is 0 Å². The molecule has 130 valence electrons. The lowest BCUT2D eigenvalue weighted by Gasteiger charge is -2.06. The van der Waals surface area contributed by atoms with Crippen molar-refractivity contribution in [3.63, 3.8) is 0 Å². The molecule has 2 heterocycles. The van der Waals surface area contributed by atoms with E-state index in [0.29, 0.717) is 23.5 Å². The van der Waals surface area contributed by atoms with Gasteiger partial charge in [0, 0.05) is 25.5 Å². The second-order valence-electron chi connectivity index (χ2n) is 5.55. The van der Waals surface area contributed by atoms with Crippen LogP contribution in [0.3, 0.4) is 0 Å². The first kappa shape index (κ1) is 17.2. The van der Waals surface area contributed by atoms with E-state index in [0.717, 1.165) is 13.0 Å². The van der Waals surface area contributed by atoms with Crippen LogP contribution in [0.2, 0.25) is 5.15 Å². The highest BCUT2D eigenvalue weighted by molar-refractivity contribution is 6.33. The zero-order valence-corrected chi connectivity index (χ0v) is 14.4. The first-order valence-corrected chi connectivity index (χ1v) is 8.19. The van der Waals surface area contributed by atoms with Crippen LogP contribution in [0.4, 0.5) is 4.39 Å². The molecular formula is C17H17ClFN5O. The smallest absolute Gasteiger partial charge is 0.256 e. The molecule has 25 heavy (non-hydrogen) atoms. The molecule has 2 aromatic heterocycles. The van der Waals surface area contributed by atoms with Crippen molar-refractivity contribution in [3.8, 4) is 5.69 Å². The topological polar surface area (TPSA) is 64.7 Å². The number of nitrogens with one attached hydrogen (secondary N) is 1. The zero-order chi connectivity index (χ0) is 17.8. The zero-order valence-electron chi connectivity index (χ0n) is 13.6. The summed E-state index contributed by atoms with van der Waals surface area (Å²) in [5.74, 6) is -0.624. The Morgan fingerprint density at radius 1 is 1.32 bits per heavy atom. The number of aromatic nitrogens is 4. The summed E-state index contributed by atoms with van der Waals surface area (Å²) < 4.78 is 16.4. The Hall–Kier alpha value is -2.67. The van der Waals surface area contributed by atoms with Gasteiger partial charge in [-0.1, -0.05) is 11.6 Å². The number of hydrogen-bond acceptors (Lipinski definition) is 3. The van der Waals surface area contributed by atoms with Gasteiger partial charge in [-0.3, -0.25) is 4.79 Å². The molecule has 0 saturated heterocycles. The molecule has 1 N–H and O–H groups in total. The molecule has 0 aliphatic heterocycles. The Morgan fingerprint density at radius 3 is 2.76 bits per heavy atom. The summed E-state index contributed by atoms with van der Waals surface area (Å²) in [6, 6.07) is 5.75. The van der Waals surface area contributed by atoms with Gasteiger partial charge in [0.1, 0.15) is 11.0 Å². The minimum Gasteiger partial charge on any atom is -0.352 e. The maximum atomic E-state index is 13.1. The molecule has 1 aromatic carbocycles. The number of nitrogens with zero attached hydrogens (tertiary/aromatic N) is 4. The highest BCUT2D eigenvalue weighted by Gasteiger charge is 2.20. The van der Waals surface area contributed by atoms with E-state index < -0.39 is 0 Å². The van der Waals surface area contributed by atoms with Crippen molar-refractivity contribution >= 4 is 17.5 Å². The van der Waals surface area contributed by atoms with Crippen molar-refractivity contribution in [2.75, 3.05) is 6.54 Å². The lowest BCUT2D eigenvalue weighted by atomic mass is 10.2. The SMILES string of the molecule is Cc1nn(-c2ccc(F)cc2)c(Cl)c1C(=O)NCCCn1ccnc1. The fraction of sp³-hybridized carbons (Fsp3) is 0.235. The van der Waals surface area contributed by atoms with E-state index in [1.165, 1.54) is 16.8 Å². The van der Waals surface area contributed by atoms with Crippen molar-refractivity contribution in [1.29, 1.82) is 0 Å². The number of hydrogen-bond donors (Lipinski definition) is 1. The molecule has 0 bridgehead atoms. The van der Waals surface area contributed by atoms with E-state index >= 15 is 0 Å². The Morgan fingerprint density at radius 2 is 2.08 bits per heavy atom. The molecule has 0 radical (unpaired) electrons. The van der Waals surface area contributed by atoms with Gasteiger partial charge < -0.3 is 9.88 Å². The number of carbonyl (C=O) groups excluding carboxylic acids is 1. The van der Waals surface area contributed by atoms with E-state index in [1.807, 2.05) is 10.8 Å². The molecule has 0 unspecified atom stereocenters. The average Bonchev–Trinajstić information content (AvgIpc) is 3.20. The minimum absolute atomic E-state index is 0.205. The summed E-state index contributed by atoms with van der Waals surface area (Å²) in [4.78, 5) is 16.4. The van der Waals surface area contributed by atoms with E-state index in [4.69, 9.17) is 11.6 Å². The third kappa shape index (κ3) is 3.88. The molecule has 0 aliphatic carbocycles. The minimum atomic E-state index is -0.348. The van der Waals surface area contributed by atoms with Gasteiger partial charge in [-0.25, -0.2) is 14.1 Å². The summed E-state index contributed by atoms with van der Waals surface area (Å²) in [6.07, 6.45) is 6.08. The Bertz CT molecular complexity index is 858. The summed E-state index contributed by atoms with van der Waals surface area (Å²) >= 11 is 6.33. The molecule has 0 fully saturated rings. The third-order valence-corrected chi connectivity index (χ3v) is 4.09. The highest BCUT2D eigenvalue weighted by Crippen LogP contribution is 2.23. The van der Waals surface area contributed by atoms with Crippen LogP contribution in [-0.4, -0.2) is 31.8 Å². The van der Waals surface area contributed by atoms with E-state index in [-0.39, 0.29) is 16.9 Å². The number of carbonyl (C=O) groups is 1. The average molecular weight is 362 g/mol. The maximum absolute atomic E-state index is 13.1. The van der Waals surface area contributed by atoms with Crippen molar-refractivity contribution in [1.82, 2.24) is 24.6 Å². The van der Waals surface area contributed by atoms with Gasteiger partial charge in [-0.15, -0.1) is 0 Å². The largest absolute Gasteiger partial charge is 0.352 e. The molecule has 8 heteroatoms. The monoisotopic (exact) mass is 361 g/mol. The van der Waals surface area contributed by atoms with Gasteiger partial charge in [0.15, 0.2) is 0 Å². The molecule has 1 amide bonds.